The molecule has 2 nitrogen and oxygen atoms in total. The predicted molar refractivity (Wildman–Crippen MR) is 289 cm³/mol. The van der Waals surface area contributed by atoms with Gasteiger partial charge in [-0.25, -0.2) is 0 Å². The van der Waals surface area contributed by atoms with Gasteiger partial charge in [0.15, 0.2) is 0 Å². The Kier molecular flexibility index (Phi) is 9.71. The van der Waals surface area contributed by atoms with Gasteiger partial charge in [-0.1, -0.05) is 180 Å². The molecule has 4 aliphatic rings. The van der Waals surface area contributed by atoms with E-state index in [1.807, 2.05) is 11.3 Å². The van der Waals surface area contributed by atoms with Crippen molar-refractivity contribution < 1.29 is 0 Å². The maximum atomic E-state index is 4.39. The number of hydrogen-bond donors (Lipinski definition) is 1. The molecule has 0 amide bonds. The van der Waals surface area contributed by atoms with Gasteiger partial charge in [0.05, 0.1) is 10.7 Å². The van der Waals surface area contributed by atoms with E-state index in [2.05, 4.69) is 215 Å². The molecule has 0 saturated heterocycles. The summed E-state index contributed by atoms with van der Waals surface area (Å²) in [7, 11) is 0. The van der Waals surface area contributed by atoms with Crippen molar-refractivity contribution in [2.75, 3.05) is 10.2 Å². The molecule has 11 rings (SSSR count). The molecule has 3 heterocycles. The fourth-order valence-electron chi connectivity index (χ4n) is 12.6. The van der Waals surface area contributed by atoms with Crippen molar-refractivity contribution in [1.29, 1.82) is 0 Å². The first kappa shape index (κ1) is 43.5. The van der Waals surface area contributed by atoms with Gasteiger partial charge in [-0.05, 0) is 151 Å². The zero-order chi connectivity index (χ0) is 46.3. The van der Waals surface area contributed by atoms with Gasteiger partial charge < -0.3 is 10.2 Å². The van der Waals surface area contributed by atoms with Crippen LogP contribution in [0, 0.1) is 0 Å². The molecule has 2 aliphatic heterocycles. The quantitative estimate of drug-likeness (QED) is 0.177. The molecule has 336 valence electrons. The number of benzene rings is 6. The minimum Gasteiger partial charge on any atom is -0.379 e. The molecule has 0 bridgehead atoms. The average Bonchev–Trinajstić information content (AvgIpc) is 3.77. The lowest BCUT2D eigenvalue weighted by Gasteiger charge is -2.45. The van der Waals surface area contributed by atoms with Crippen LogP contribution in [0.25, 0.3) is 32.3 Å². The number of anilines is 4. The van der Waals surface area contributed by atoms with Crippen LogP contribution in [0.15, 0.2) is 121 Å². The molecule has 66 heavy (non-hydrogen) atoms. The molecular formula is C62H69BN2S. The molecule has 2 aliphatic carbocycles. The highest BCUT2D eigenvalue weighted by Crippen LogP contribution is 2.56. The summed E-state index contributed by atoms with van der Waals surface area (Å²) in [4.78, 5) is 2.70. The van der Waals surface area contributed by atoms with Crippen molar-refractivity contribution >= 4 is 66.6 Å². The van der Waals surface area contributed by atoms with Gasteiger partial charge in [0, 0.05) is 32.6 Å². The molecule has 6 aromatic carbocycles. The highest BCUT2D eigenvalue weighted by atomic mass is 32.1. The second kappa shape index (κ2) is 14.7. The lowest BCUT2D eigenvalue weighted by molar-refractivity contribution is 0.214. The number of nitrogens with zero attached hydrogens (tertiary/aromatic N) is 1. The fourth-order valence-corrected chi connectivity index (χ4v) is 13.9. The summed E-state index contributed by atoms with van der Waals surface area (Å²) in [5, 5.41) is 7.16. The van der Waals surface area contributed by atoms with Crippen molar-refractivity contribution in [2.24, 2.45) is 0 Å². The smallest absolute Gasteiger partial charge is 0.251 e. The predicted octanol–water partition coefficient (Wildman–Crippen LogP) is 15.5. The molecule has 2 unspecified atom stereocenters. The van der Waals surface area contributed by atoms with Crippen LogP contribution in [0.4, 0.5) is 22.1 Å². The minimum absolute atomic E-state index is 0.00680. The molecule has 0 spiro atoms. The minimum atomic E-state index is -0.0257. The second-order valence-electron chi connectivity index (χ2n) is 24.5. The normalized spacial score (nSPS) is 21.7. The number of fused-ring (bicyclic) bond motifs is 8. The standard InChI is InChI=1S/C62H69BN2S/c1-57(2,3)42-26-28-51(44(34-42)40-23-17-14-18-24-40)65-52-33-41(39-21-15-13-16-22-39)25-27-49(52)63(54-45-37-46-47(38-53(45)66-56(54)65)60(9,10)32-31-59(46,7)8)50-36-43(58(4,5)6)35-48-55(50)64-62(12)30-20-19-29-61(48,62)11/h13-18,21-28,33-38,64H,19-20,29-32H2,1-12H3. The Bertz CT molecular complexity index is 3070. The summed E-state index contributed by atoms with van der Waals surface area (Å²) in [5.74, 6) is 0. The zero-order valence-electron chi connectivity index (χ0n) is 41.7. The highest BCUT2D eigenvalue weighted by molar-refractivity contribution is 7.26. The summed E-state index contributed by atoms with van der Waals surface area (Å²) in [6, 6.07) is 47.5. The maximum absolute atomic E-state index is 4.39. The zero-order valence-corrected chi connectivity index (χ0v) is 42.5. The van der Waals surface area contributed by atoms with E-state index in [0.717, 1.165) is 0 Å². The first-order chi connectivity index (χ1) is 31.2. The van der Waals surface area contributed by atoms with Crippen LogP contribution in [0.3, 0.4) is 0 Å². The van der Waals surface area contributed by atoms with Crippen LogP contribution < -0.4 is 26.6 Å². The molecule has 1 N–H and O–H groups in total. The van der Waals surface area contributed by atoms with E-state index in [9.17, 15) is 0 Å². The Hall–Kier alpha value is -5.06. The van der Waals surface area contributed by atoms with E-state index >= 15 is 0 Å². The van der Waals surface area contributed by atoms with Crippen molar-refractivity contribution in [3.8, 4) is 22.3 Å². The van der Waals surface area contributed by atoms with Gasteiger partial charge in [-0.2, -0.15) is 0 Å². The first-order valence-corrected chi connectivity index (χ1v) is 25.8. The third-order valence-electron chi connectivity index (χ3n) is 17.2. The number of hydrogen-bond acceptors (Lipinski definition) is 3. The lowest BCUT2D eigenvalue weighted by Crippen LogP contribution is -2.57. The van der Waals surface area contributed by atoms with Crippen LogP contribution in [0.1, 0.15) is 149 Å². The number of rotatable bonds is 4. The maximum Gasteiger partial charge on any atom is 0.251 e. The molecule has 1 saturated carbocycles. The van der Waals surface area contributed by atoms with Crippen molar-refractivity contribution in [2.45, 2.75) is 154 Å². The molecule has 4 heteroatoms. The van der Waals surface area contributed by atoms with Crippen LogP contribution in [0.5, 0.6) is 0 Å². The molecule has 1 fully saturated rings. The van der Waals surface area contributed by atoms with Gasteiger partial charge in [-0.3, -0.25) is 0 Å². The van der Waals surface area contributed by atoms with E-state index in [-0.39, 0.29) is 39.3 Å². The highest BCUT2D eigenvalue weighted by Gasteiger charge is 2.55. The molecule has 7 aromatic rings. The van der Waals surface area contributed by atoms with Crippen molar-refractivity contribution in [3.63, 3.8) is 0 Å². The summed E-state index contributed by atoms with van der Waals surface area (Å²) in [5.41, 5.74) is 20.7. The SMILES string of the molecule is CC(C)(C)c1ccc(N2c3cc(-c4ccccc4)ccc3B(c3cc(C(C)(C)C)cc4c3NC3(C)CCCCC43C)c3c2sc2cc4c(cc32)C(C)(C)CCC4(C)C)c(-c2ccccc2)c1. The van der Waals surface area contributed by atoms with Crippen LogP contribution >= 0.6 is 11.3 Å². The van der Waals surface area contributed by atoms with E-state index < -0.39 is 0 Å². The molecule has 1 aromatic heterocycles. The Morgan fingerprint density at radius 1 is 0.545 bits per heavy atom. The Labute approximate surface area is 400 Å². The average molecular weight is 885 g/mol. The molecular weight excluding hydrogens is 816 g/mol. The third kappa shape index (κ3) is 6.62. The van der Waals surface area contributed by atoms with Gasteiger partial charge in [-0.15, -0.1) is 11.3 Å². The topological polar surface area (TPSA) is 15.3 Å². The fraction of sp³-hybridized carbons (Fsp3) is 0.387. The third-order valence-corrected chi connectivity index (χ3v) is 18.4. The second-order valence-corrected chi connectivity index (χ2v) is 25.5. The monoisotopic (exact) mass is 885 g/mol. The van der Waals surface area contributed by atoms with E-state index in [0.29, 0.717) is 0 Å². The van der Waals surface area contributed by atoms with Crippen LogP contribution in [0.2, 0.25) is 0 Å². The van der Waals surface area contributed by atoms with Gasteiger partial charge in [0.25, 0.3) is 6.71 Å². The summed E-state index contributed by atoms with van der Waals surface area (Å²) in [6.07, 6.45) is 7.33. The first-order valence-electron chi connectivity index (χ1n) is 25.0. The Morgan fingerprint density at radius 2 is 1.18 bits per heavy atom. The van der Waals surface area contributed by atoms with E-state index in [1.165, 1.54) is 137 Å². The van der Waals surface area contributed by atoms with E-state index in [1.54, 1.807) is 0 Å². The Morgan fingerprint density at radius 3 is 1.85 bits per heavy atom. The van der Waals surface area contributed by atoms with Crippen molar-refractivity contribution in [3.05, 3.63) is 149 Å². The Balaban J connectivity index is 1.29. The van der Waals surface area contributed by atoms with E-state index in [4.69, 9.17) is 0 Å². The van der Waals surface area contributed by atoms with Crippen molar-refractivity contribution in [1.82, 2.24) is 0 Å². The number of thiophene rings is 1. The molecule has 2 atom stereocenters. The van der Waals surface area contributed by atoms with Gasteiger partial charge in [0.1, 0.15) is 0 Å². The summed E-state index contributed by atoms with van der Waals surface area (Å²) in [6.45, 7) is 29.3. The number of nitrogens with one attached hydrogen (secondary N) is 1. The summed E-state index contributed by atoms with van der Waals surface area (Å²) < 4.78 is 1.40. The van der Waals surface area contributed by atoms with Gasteiger partial charge in [0.2, 0.25) is 0 Å². The van der Waals surface area contributed by atoms with Crippen LogP contribution in [-0.2, 0) is 27.1 Å². The molecule has 0 radical (unpaired) electrons. The lowest BCUT2D eigenvalue weighted by atomic mass is 9.34. The summed E-state index contributed by atoms with van der Waals surface area (Å²) >= 11 is 2.02. The van der Waals surface area contributed by atoms with Crippen LogP contribution in [-0.4, -0.2) is 12.3 Å². The van der Waals surface area contributed by atoms with Gasteiger partial charge >= 0.3 is 0 Å². The largest absolute Gasteiger partial charge is 0.379 e.